The van der Waals surface area contributed by atoms with E-state index in [0.29, 0.717) is 17.3 Å². The molecule has 1 aromatic carbocycles. The lowest BCUT2D eigenvalue weighted by Crippen LogP contribution is -2.05. The van der Waals surface area contributed by atoms with Crippen LogP contribution in [0.3, 0.4) is 0 Å². The highest BCUT2D eigenvalue weighted by atomic mass is 19.1. The molecule has 0 bridgehead atoms. The molecular formula is C14H13FN2O2. The Hall–Kier alpha value is -2.17. The predicted molar refractivity (Wildman–Crippen MR) is 66.8 cm³/mol. The van der Waals surface area contributed by atoms with Gasteiger partial charge in [0, 0.05) is 11.6 Å². The summed E-state index contributed by atoms with van der Waals surface area (Å²) in [6.07, 6.45) is 1.96. The number of carboxylic acid groups (broad SMARTS) is 1. The van der Waals surface area contributed by atoms with E-state index in [9.17, 15) is 9.18 Å². The van der Waals surface area contributed by atoms with E-state index in [1.54, 1.807) is 28.9 Å². The second-order valence-corrected chi connectivity index (χ2v) is 4.77. The van der Waals surface area contributed by atoms with Crippen molar-refractivity contribution in [2.45, 2.75) is 25.2 Å². The largest absolute Gasteiger partial charge is 0.481 e. The average molecular weight is 260 g/mol. The molecule has 2 aromatic rings. The van der Waals surface area contributed by atoms with E-state index in [0.717, 1.165) is 18.5 Å². The molecule has 0 unspecified atom stereocenters. The average Bonchev–Trinajstić information content (AvgIpc) is 3.12. The highest BCUT2D eigenvalue weighted by Crippen LogP contribution is 2.41. The van der Waals surface area contributed by atoms with E-state index in [1.807, 2.05) is 0 Å². The molecule has 1 heterocycles. The molecule has 0 radical (unpaired) electrons. The van der Waals surface area contributed by atoms with E-state index in [4.69, 9.17) is 5.11 Å². The number of hydrogen-bond donors (Lipinski definition) is 1. The quantitative estimate of drug-likeness (QED) is 0.919. The summed E-state index contributed by atoms with van der Waals surface area (Å²) in [6.45, 7) is 0. The van der Waals surface area contributed by atoms with Gasteiger partial charge in [0.1, 0.15) is 11.5 Å². The second kappa shape index (κ2) is 4.50. The van der Waals surface area contributed by atoms with Crippen LogP contribution < -0.4 is 0 Å². The van der Waals surface area contributed by atoms with Crippen LogP contribution in [0.4, 0.5) is 4.39 Å². The Morgan fingerprint density at radius 3 is 2.79 bits per heavy atom. The molecule has 19 heavy (non-hydrogen) atoms. The molecule has 5 heteroatoms. The van der Waals surface area contributed by atoms with Crippen molar-refractivity contribution in [2.24, 2.45) is 0 Å². The van der Waals surface area contributed by atoms with Crippen LogP contribution in [0.5, 0.6) is 0 Å². The molecule has 3 rings (SSSR count). The maximum absolute atomic E-state index is 13.8. The molecule has 1 fully saturated rings. The number of para-hydroxylation sites is 1. The molecule has 0 amide bonds. The van der Waals surface area contributed by atoms with Crippen molar-refractivity contribution in [3.63, 3.8) is 0 Å². The number of hydrogen-bond acceptors (Lipinski definition) is 2. The standard InChI is InChI=1S/C14H13FN2O2/c15-11-3-1-2-4-12(11)17-13(9-5-6-9)7-10(16-17)8-14(18)19/h1-4,7,9H,5-6,8H2,(H,18,19). The van der Waals surface area contributed by atoms with Crippen LogP contribution in [0.25, 0.3) is 5.69 Å². The van der Waals surface area contributed by atoms with Crippen molar-refractivity contribution in [2.75, 3.05) is 0 Å². The predicted octanol–water partition coefficient (Wildman–Crippen LogP) is 2.52. The normalized spacial score (nSPS) is 14.6. The van der Waals surface area contributed by atoms with Gasteiger partial charge in [0.05, 0.1) is 12.1 Å². The van der Waals surface area contributed by atoms with Gasteiger partial charge in [0.2, 0.25) is 0 Å². The fourth-order valence-corrected chi connectivity index (χ4v) is 2.17. The summed E-state index contributed by atoms with van der Waals surface area (Å²) < 4.78 is 15.4. The highest BCUT2D eigenvalue weighted by Gasteiger charge is 2.29. The van der Waals surface area contributed by atoms with Crippen LogP contribution >= 0.6 is 0 Å². The van der Waals surface area contributed by atoms with Crippen molar-refractivity contribution in [3.8, 4) is 5.69 Å². The molecule has 0 atom stereocenters. The van der Waals surface area contributed by atoms with Gasteiger partial charge in [-0.25, -0.2) is 9.07 Å². The van der Waals surface area contributed by atoms with Gasteiger partial charge in [-0.1, -0.05) is 12.1 Å². The fourth-order valence-electron chi connectivity index (χ4n) is 2.17. The molecule has 1 N–H and O–H groups in total. The number of benzene rings is 1. The first-order chi connectivity index (χ1) is 9.15. The maximum Gasteiger partial charge on any atom is 0.309 e. The van der Waals surface area contributed by atoms with E-state index in [2.05, 4.69) is 5.10 Å². The Balaban J connectivity index is 2.06. The van der Waals surface area contributed by atoms with Crippen LogP contribution in [0.15, 0.2) is 30.3 Å². The smallest absolute Gasteiger partial charge is 0.309 e. The van der Waals surface area contributed by atoms with Gasteiger partial charge in [-0.3, -0.25) is 4.79 Å². The molecule has 1 aliphatic rings. The molecule has 0 spiro atoms. The summed E-state index contributed by atoms with van der Waals surface area (Å²) in [7, 11) is 0. The van der Waals surface area contributed by atoms with Gasteiger partial charge in [-0.2, -0.15) is 5.10 Å². The van der Waals surface area contributed by atoms with Crippen molar-refractivity contribution in [3.05, 3.63) is 47.5 Å². The monoisotopic (exact) mass is 260 g/mol. The Morgan fingerprint density at radius 1 is 1.42 bits per heavy atom. The van der Waals surface area contributed by atoms with E-state index in [1.165, 1.54) is 6.07 Å². The van der Waals surface area contributed by atoms with Crippen molar-refractivity contribution in [1.82, 2.24) is 9.78 Å². The van der Waals surface area contributed by atoms with Crippen molar-refractivity contribution < 1.29 is 14.3 Å². The number of rotatable bonds is 4. The molecule has 4 nitrogen and oxygen atoms in total. The molecule has 1 saturated carbocycles. The lowest BCUT2D eigenvalue weighted by atomic mass is 10.2. The van der Waals surface area contributed by atoms with E-state index >= 15 is 0 Å². The minimum Gasteiger partial charge on any atom is -0.481 e. The summed E-state index contributed by atoms with van der Waals surface area (Å²) in [6, 6.07) is 8.17. The van der Waals surface area contributed by atoms with Crippen molar-refractivity contribution >= 4 is 5.97 Å². The van der Waals surface area contributed by atoms with Gasteiger partial charge < -0.3 is 5.11 Å². The van der Waals surface area contributed by atoms with Crippen LogP contribution in [0.2, 0.25) is 0 Å². The number of carbonyl (C=O) groups is 1. The minimum absolute atomic E-state index is 0.138. The first-order valence-electron chi connectivity index (χ1n) is 6.20. The van der Waals surface area contributed by atoms with Gasteiger partial charge >= 0.3 is 5.97 Å². The molecular weight excluding hydrogens is 247 g/mol. The van der Waals surface area contributed by atoms with Crippen LogP contribution in [0, 0.1) is 5.82 Å². The third-order valence-corrected chi connectivity index (χ3v) is 3.20. The first kappa shape index (κ1) is 11.9. The number of aromatic nitrogens is 2. The van der Waals surface area contributed by atoms with Crippen LogP contribution in [-0.4, -0.2) is 20.9 Å². The Morgan fingerprint density at radius 2 is 2.16 bits per heavy atom. The summed E-state index contributed by atoms with van der Waals surface area (Å²) in [5.41, 5.74) is 1.75. The molecule has 1 aromatic heterocycles. The van der Waals surface area contributed by atoms with Gasteiger partial charge in [-0.15, -0.1) is 0 Å². The van der Waals surface area contributed by atoms with Gasteiger partial charge in [-0.05, 0) is 31.0 Å². The summed E-state index contributed by atoms with van der Waals surface area (Å²) in [5.74, 6) is -0.912. The van der Waals surface area contributed by atoms with E-state index in [-0.39, 0.29) is 12.2 Å². The van der Waals surface area contributed by atoms with Crippen LogP contribution in [-0.2, 0) is 11.2 Å². The van der Waals surface area contributed by atoms with Crippen molar-refractivity contribution in [1.29, 1.82) is 0 Å². The zero-order valence-corrected chi connectivity index (χ0v) is 10.2. The molecule has 0 aliphatic heterocycles. The molecule has 1 aliphatic carbocycles. The molecule has 98 valence electrons. The number of halogens is 1. The highest BCUT2D eigenvalue weighted by molar-refractivity contribution is 5.69. The third kappa shape index (κ3) is 2.36. The SMILES string of the molecule is O=C(O)Cc1cc(C2CC2)n(-c2ccccc2F)n1. The van der Waals surface area contributed by atoms with E-state index < -0.39 is 5.97 Å². The fraction of sp³-hybridized carbons (Fsp3) is 0.286. The lowest BCUT2D eigenvalue weighted by molar-refractivity contribution is -0.136. The first-order valence-corrected chi connectivity index (χ1v) is 6.20. The lowest BCUT2D eigenvalue weighted by Gasteiger charge is -2.07. The summed E-state index contributed by atoms with van der Waals surface area (Å²) in [4.78, 5) is 10.8. The summed E-state index contributed by atoms with van der Waals surface area (Å²) >= 11 is 0. The third-order valence-electron chi connectivity index (χ3n) is 3.20. The zero-order chi connectivity index (χ0) is 13.4. The maximum atomic E-state index is 13.8. The number of aliphatic carboxylic acids is 1. The zero-order valence-electron chi connectivity index (χ0n) is 10.2. The van der Waals surface area contributed by atoms with Gasteiger partial charge in [0.25, 0.3) is 0 Å². The number of nitrogens with zero attached hydrogens (tertiary/aromatic N) is 2. The minimum atomic E-state index is -0.930. The Bertz CT molecular complexity index is 632. The van der Waals surface area contributed by atoms with Gasteiger partial charge in [0.15, 0.2) is 0 Å². The summed E-state index contributed by atoms with van der Waals surface area (Å²) in [5, 5.41) is 13.1. The number of carboxylic acids is 1. The Kier molecular flexibility index (Phi) is 2.81. The second-order valence-electron chi connectivity index (χ2n) is 4.77. The topological polar surface area (TPSA) is 55.1 Å². The molecule has 0 saturated heterocycles. The Labute approximate surface area is 109 Å². The van der Waals surface area contributed by atoms with Crippen LogP contribution in [0.1, 0.15) is 30.1 Å².